The molecule has 0 aliphatic carbocycles. The molecule has 0 saturated carbocycles. The molecule has 0 aliphatic rings. The van der Waals surface area contributed by atoms with Crippen LogP contribution in [0.15, 0.2) is 42.6 Å². The van der Waals surface area contributed by atoms with Crippen LogP contribution in [-0.4, -0.2) is 25.8 Å². The molecule has 2 N–H and O–H groups in total. The predicted molar refractivity (Wildman–Crippen MR) is 79.2 cm³/mol. The average Bonchev–Trinajstić information content (AvgIpc) is 2.89. The van der Waals surface area contributed by atoms with Crippen molar-refractivity contribution in [2.75, 3.05) is 5.32 Å². The highest BCUT2D eigenvalue weighted by atomic mass is 16.4. The highest BCUT2D eigenvalue weighted by Crippen LogP contribution is 2.21. The van der Waals surface area contributed by atoms with Crippen molar-refractivity contribution >= 4 is 22.7 Å². The van der Waals surface area contributed by atoms with Crippen LogP contribution in [0.5, 0.6) is 0 Å². The first-order valence-corrected chi connectivity index (χ1v) is 6.49. The molecule has 2 heterocycles. The lowest BCUT2D eigenvalue weighted by Gasteiger charge is -2.09. The summed E-state index contributed by atoms with van der Waals surface area (Å²) in [6, 6.07) is 10.9. The largest absolute Gasteiger partial charge is 0.478 e. The number of hydrogen-bond acceptors (Lipinski definition) is 4. The molecule has 0 bridgehead atoms. The van der Waals surface area contributed by atoms with Crippen molar-refractivity contribution in [3.63, 3.8) is 0 Å². The molecule has 1 aromatic carbocycles. The van der Waals surface area contributed by atoms with E-state index >= 15 is 0 Å². The average molecular weight is 282 g/mol. The summed E-state index contributed by atoms with van der Waals surface area (Å²) in [5, 5.41) is 17.4. The van der Waals surface area contributed by atoms with Crippen LogP contribution in [0.2, 0.25) is 0 Å². The van der Waals surface area contributed by atoms with Gasteiger partial charge in [0.05, 0.1) is 17.8 Å². The molecule has 3 aromatic rings. The van der Waals surface area contributed by atoms with Crippen LogP contribution in [-0.2, 0) is 13.6 Å². The van der Waals surface area contributed by atoms with Crippen molar-refractivity contribution < 1.29 is 9.90 Å². The van der Waals surface area contributed by atoms with Gasteiger partial charge in [-0.3, -0.25) is 4.68 Å². The number of fused-ring (bicyclic) bond motifs is 1. The fraction of sp³-hybridized carbons (Fsp3) is 0.133. The SMILES string of the molecule is Cn1ccc(CNc2nc3ccccc3cc2C(=O)O)n1. The molecule has 2 aromatic heterocycles. The monoisotopic (exact) mass is 282 g/mol. The van der Waals surface area contributed by atoms with Crippen LogP contribution in [0, 0.1) is 0 Å². The maximum absolute atomic E-state index is 11.4. The molecule has 0 spiro atoms. The standard InChI is InChI=1S/C15H14N4O2/c1-19-7-6-11(18-19)9-16-14-12(15(20)21)8-10-4-2-3-5-13(10)17-14/h2-8H,9H2,1H3,(H,16,17)(H,20,21). The van der Waals surface area contributed by atoms with Gasteiger partial charge < -0.3 is 10.4 Å². The Bertz CT molecular complexity index is 810. The summed E-state index contributed by atoms with van der Waals surface area (Å²) in [6.45, 7) is 0.423. The van der Waals surface area contributed by atoms with Crippen molar-refractivity contribution in [3.05, 3.63) is 53.9 Å². The van der Waals surface area contributed by atoms with Crippen molar-refractivity contribution in [1.82, 2.24) is 14.8 Å². The summed E-state index contributed by atoms with van der Waals surface area (Å²) in [5.41, 5.74) is 1.74. The summed E-state index contributed by atoms with van der Waals surface area (Å²) in [7, 11) is 1.83. The third-order valence-electron chi connectivity index (χ3n) is 3.16. The third kappa shape index (κ3) is 2.69. The van der Waals surface area contributed by atoms with E-state index in [4.69, 9.17) is 0 Å². The summed E-state index contributed by atoms with van der Waals surface area (Å²) in [6.07, 6.45) is 1.84. The molecule has 0 fully saturated rings. The van der Waals surface area contributed by atoms with Crippen LogP contribution in [0.1, 0.15) is 16.1 Å². The van der Waals surface area contributed by atoms with E-state index in [1.54, 1.807) is 10.7 Å². The molecule has 0 unspecified atom stereocenters. The van der Waals surface area contributed by atoms with E-state index in [0.29, 0.717) is 12.4 Å². The van der Waals surface area contributed by atoms with Crippen LogP contribution >= 0.6 is 0 Å². The number of nitrogens with one attached hydrogen (secondary N) is 1. The molecule has 0 radical (unpaired) electrons. The number of rotatable bonds is 4. The number of aromatic nitrogens is 3. The van der Waals surface area contributed by atoms with Gasteiger partial charge in [-0.1, -0.05) is 18.2 Å². The lowest BCUT2D eigenvalue weighted by Crippen LogP contribution is -2.09. The molecule has 3 rings (SSSR count). The number of para-hydroxylation sites is 1. The predicted octanol–water partition coefficient (Wildman–Crippen LogP) is 2.28. The third-order valence-corrected chi connectivity index (χ3v) is 3.16. The number of nitrogens with zero attached hydrogens (tertiary/aromatic N) is 3. The number of aryl methyl sites for hydroxylation is 1. The molecule has 6 nitrogen and oxygen atoms in total. The Morgan fingerprint density at radius 3 is 2.86 bits per heavy atom. The van der Waals surface area contributed by atoms with E-state index in [2.05, 4.69) is 15.4 Å². The Morgan fingerprint density at radius 2 is 2.14 bits per heavy atom. The Labute approximate surface area is 121 Å². The fourth-order valence-electron chi connectivity index (χ4n) is 2.15. The molecule has 0 atom stereocenters. The Kier molecular flexibility index (Phi) is 3.27. The molecule has 0 amide bonds. The second kappa shape index (κ2) is 5.24. The fourth-order valence-corrected chi connectivity index (χ4v) is 2.15. The van der Waals surface area contributed by atoms with Gasteiger partial charge >= 0.3 is 5.97 Å². The number of carboxylic acid groups (broad SMARTS) is 1. The lowest BCUT2D eigenvalue weighted by molar-refractivity contribution is 0.0697. The van der Waals surface area contributed by atoms with Gasteiger partial charge in [-0.15, -0.1) is 0 Å². The van der Waals surface area contributed by atoms with E-state index in [1.165, 1.54) is 0 Å². The zero-order valence-corrected chi connectivity index (χ0v) is 11.4. The van der Waals surface area contributed by atoms with Gasteiger partial charge in [-0.25, -0.2) is 9.78 Å². The number of pyridine rings is 1. The van der Waals surface area contributed by atoms with E-state index in [-0.39, 0.29) is 5.56 Å². The zero-order valence-electron chi connectivity index (χ0n) is 11.4. The number of carboxylic acids is 1. The molecule has 6 heteroatoms. The van der Waals surface area contributed by atoms with Crippen molar-refractivity contribution in [3.8, 4) is 0 Å². The first-order chi connectivity index (χ1) is 10.1. The number of hydrogen-bond donors (Lipinski definition) is 2. The van der Waals surface area contributed by atoms with Crippen LogP contribution in [0.25, 0.3) is 10.9 Å². The number of benzene rings is 1. The summed E-state index contributed by atoms with van der Waals surface area (Å²) < 4.78 is 1.70. The zero-order chi connectivity index (χ0) is 14.8. The van der Waals surface area contributed by atoms with Gasteiger partial charge in [0.25, 0.3) is 0 Å². The molecular weight excluding hydrogens is 268 g/mol. The van der Waals surface area contributed by atoms with Crippen molar-refractivity contribution in [1.29, 1.82) is 0 Å². The normalized spacial score (nSPS) is 10.7. The number of aromatic carboxylic acids is 1. The van der Waals surface area contributed by atoms with Crippen molar-refractivity contribution in [2.45, 2.75) is 6.54 Å². The summed E-state index contributed by atoms with van der Waals surface area (Å²) in [5.74, 6) is -0.649. The Balaban J connectivity index is 1.95. The molecular formula is C15H14N4O2. The van der Waals surface area contributed by atoms with E-state index in [1.807, 2.05) is 43.6 Å². The quantitative estimate of drug-likeness (QED) is 0.767. The Hall–Kier alpha value is -2.89. The summed E-state index contributed by atoms with van der Waals surface area (Å²) in [4.78, 5) is 15.8. The molecule has 21 heavy (non-hydrogen) atoms. The summed E-state index contributed by atoms with van der Waals surface area (Å²) >= 11 is 0. The Morgan fingerprint density at radius 1 is 1.33 bits per heavy atom. The maximum Gasteiger partial charge on any atom is 0.339 e. The second-order valence-electron chi connectivity index (χ2n) is 4.72. The van der Waals surface area contributed by atoms with E-state index in [9.17, 15) is 9.90 Å². The van der Waals surface area contributed by atoms with Crippen LogP contribution in [0.3, 0.4) is 0 Å². The van der Waals surface area contributed by atoms with Crippen LogP contribution in [0.4, 0.5) is 5.82 Å². The van der Waals surface area contributed by atoms with E-state index in [0.717, 1.165) is 16.6 Å². The van der Waals surface area contributed by atoms with Gasteiger partial charge in [-0.2, -0.15) is 5.10 Å². The minimum atomic E-state index is -1.00. The minimum Gasteiger partial charge on any atom is -0.478 e. The second-order valence-corrected chi connectivity index (χ2v) is 4.72. The number of anilines is 1. The van der Waals surface area contributed by atoms with Crippen LogP contribution < -0.4 is 5.32 Å². The van der Waals surface area contributed by atoms with Gasteiger partial charge in [0, 0.05) is 18.6 Å². The van der Waals surface area contributed by atoms with Gasteiger partial charge in [0.15, 0.2) is 0 Å². The lowest BCUT2D eigenvalue weighted by atomic mass is 10.1. The first kappa shape index (κ1) is 13.1. The maximum atomic E-state index is 11.4. The van der Waals surface area contributed by atoms with E-state index < -0.39 is 5.97 Å². The minimum absolute atomic E-state index is 0.157. The highest BCUT2D eigenvalue weighted by Gasteiger charge is 2.13. The van der Waals surface area contributed by atoms with Gasteiger partial charge in [0.2, 0.25) is 0 Å². The smallest absolute Gasteiger partial charge is 0.339 e. The van der Waals surface area contributed by atoms with Gasteiger partial charge in [-0.05, 0) is 18.2 Å². The topological polar surface area (TPSA) is 80.0 Å². The van der Waals surface area contributed by atoms with Crippen molar-refractivity contribution in [2.24, 2.45) is 7.05 Å². The first-order valence-electron chi connectivity index (χ1n) is 6.49. The number of carbonyl (C=O) groups is 1. The molecule has 106 valence electrons. The highest BCUT2D eigenvalue weighted by molar-refractivity contribution is 5.98. The van der Waals surface area contributed by atoms with Gasteiger partial charge in [0.1, 0.15) is 11.4 Å². The molecule has 0 aliphatic heterocycles. The molecule has 0 saturated heterocycles.